The molecule has 0 aromatic carbocycles. The van der Waals surface area contributed by atoms with Gasteiger partial charge in [-0.05, 0) is 38.2 Å². The summed E-state index contributed by atoms with van der Waals surface area (Å²) in [6.07, 6.45) is 2.71. The van der Waals surface area contributed by atoms with Crippen molar-refractivity contribution in [3.05, 3.63) is 12.2 Å². The minimum atomic E-state index is -1.12. The van der Waals surface area contributed by atoms with Crippen LogP contribution in [-0.4, -0.2) is 11.7 Å². The van der Waals surface area contributed by atoms with Crippen LogP contribution in [-0.2, 0) is 0 Å². The second kappa shape index (κ2) is 2.94. The summed E-state index contributed by atoms with van der Waals surface area (Å²) in [7, 11) is 0. The van der Waals surface area contributed by atoms with Crippen molar-refractivity contribution in [3.63, 3.8) is 0 Å². The fraction of sp³-hybridized carbons (Fsp3) is 0.778. The van der Waals surface area contributed by atoms with Gasteiger partial charge in [0.25, 0.3) is 0 Å². The van der Waals surface area contributed by atoms with Gasteiger partial charge in [-0.2, -0.15) is 0 Å². The van der Waals surface area contributed by atoms with Crippen molar-refractivity contribution < 1.29 is 4.39 Å². The van der Waals surface area contributed by atoms with Gasteiger partial charge in [-0.25, -0.2) is 4.39 Å². The minimum absolute atomic E-state index is 0.207. The first-order valence-electron chi connectivity index (χ1n) is 4.15. The van der Waals surface area contributed by atoms with Crippen molar-refractivity contribution in [1.82, 2.24) is 0 Å². The Balaban J connectivity index is 2.55. The Morgan fingerprint density at radius 1 is 1.55 bits per heavy atom. The van der Waals surface area contributed by atoms with Gasteiger partial charge in [0.2, 0.25) is 0 Å². The number of allylic oxidation sites excluding steroid dienone is 1. The van der Waals surface area contributed by atoms with Crippen molar-refractivity contribution in [3.8, 4) is 0 Å². The Bertz CT molecular complexity index is 157. The predicted octanol–water partition coefficient (Wildman–Crippen LogP) is 2.17. The fourth-order valence-corrected chi connectivity index (χ4v) is 1.52. The van der Waals surface area contributed by atoms with Gasteiger partial charge in [0, 0.05) is 6.04 Å². The molecule has 1 fully saturated rings. The second-order valence-electron chi connectivity index (χ2n) is 3.58. The summed E-state index contributed by atoms with van der Waals surface area (Å²) < 4.78 is 13.7. The number of rotatable bonds is 1. The van der Waals surface area contributed by atoms with E-state index in [1.807, 2.05) is 0 Å². The molecular formula is C9H16FN. The zero-order chi connectivity index (χ0) is 8.48. The minimum Gasteiger partial charge on any atom is -0.328 e. The highest BCUT2D eigenvalue weighted by Gasteiger charge is 2.34. The zero-order valence-corrected chi connectivity index (χ0v) is 7.07. The van der Waals surface area contributed by atoms with E-state index in [0.29, 0.717) is 18.4 Å². The van der Waals surface area contributed by atoms with Crippen LogP contribution < -0.4 is 5.73 Å². The van der Waals surface area contributed by atoms with Crippen molar-refractivity contribution in [1.29, 1.82) is 0 Å². The Morgan fingerprint density at radius 3 is 2.36 bits per heavy atom. The fourth-order valence-electron chi connectivity index (χ4n) is 1.52. The van der Waals surface area contributed by atoms with Gasteiger partial charge in [0.15, 0.2) is 0 Å². The van der Waals surface area contributed by atoms with Crippen LogP contribution in [0.25, 0.3) is 0 Å². The molecule has 11 heavy (non-hydrogen) atoms. The molecule has 1 saturated carbocycles. The van der Waals surface area contributed by atoms with Gasteiger partial charge in [-0.15, -0.1) is 0 Å². The topological polar surface area (TPSA) is 26.0 Å². The monoisotopic (exact) mass is 157 g/mol. The van der Waals surface area contributed by atoms with Crippen LogP contribution in [0.1, 0.15) is 32.6 Å². The molecule has 1 aliphatic rings. The first kappa shape index (κ1) is 8.72. The van der Waals surface area contributed by atoms with Crippen molar-refractivity contribution in [2.45, 2.75) is 44.3 Å². The standard InChI is InChI=1S/C9H16FN/c1-7(2)9(10)5-3-8(11)4-6-9/h8H,1,3-6,11H2,2H3. The molecule has 0 bridgehead atoms. The average molecular weight is 157 g/mol. The lowest BCUT2D eigenvalue weighted by Crippen LogP contribution is -2.36. The Labute approximate surface area is 67.5 Å². The van der Waals surface area contributed by atoms with Crippen LogP contribution in [0.4, 0.5) is 4.39 Å². The predicted molar refractivity (Wildman–Crippen MR) is 45.1 cm³/mol. The van der Waals surface area contributed by atoms with Crippen LogP contribution in [0, 0.1) is 0 Å². The molecule has 0 atom stereocenters. The highest BCUT2D eigenvalue weighted by molar-refractivity contribution is 5.11. The molecule has 0 aromatic rings. The smallest absolute Gasteiger partial charge is 0.131 e. The van der Waals surface area contributed by atoms with E-state index in [4.69, 9.17) is 5.73 Å². The summed E-state index contributed by atoms with van der Waals surface area (Å²) >= 11 is 0. The zero-order valence-electron chi connectivity index (χ0n) is 7.07. The number of halogens is 1. The molecule has 0 saturated heterocycles. The van der Waals surface area contributed by atoms with Gasteiger partial charge in [0.05, 0.1) is 0 Å². The molecule has 0 aromatic heterocycles. The van der Waals surface area contributed by atoms with Gasteiger partial charge >= 0.3 is 0 Å². The number of hydrogen-bond donors (Lipinski definition) is 1. The van der Waals surface area contributed by atoms with Gasteiger partial charge in [-0.1, -0.05) is 6.58 Å². The molecule has 0 unspecified atom stereocenters. The third kappa shape index (κ3) is 1.80. The largest absolute Gasteiger partial charge is 0.328 e. The van der Waals surface area contributed by atoms with Crippen LogP contribution in [0.3, 0.4) is 0 Å². The van der Waals surface area contributed by atoms with Gasteiger partial charge in [0.1, 0.15) is 5.67 Å². The lowest BCUT2D eigenvalue weighted by Gasteiger charge is -2.32. The summed E-state index contributed by atoms with van der Waals surface area (Å²) in [6, 6.07) is 0.207. The van der Waals surface area contributed by atoms with Crippen LogP contribution >= 0.6 is 0 Å². The third-order valence-corrected chi connectivity index (χ3v) is 2.59. The molecular weight excluding hydrogens is 141 g/mol. The van der Waals surface area contributed by atoms with E-state index in [1.54, 1.807) is 6.92 Å². The van der Waals surface area contributed by atoms with E-state index in [0.717, 1.165) is 12.8 Å². The maximum absolute atomic E-state index is 13.7. The average Bonchev–Trinajstić information content (AvgIpc) is 1.95. The first-order valence-corrected chi connectivity index (χ1v) is 4.15. The summed E-state index contributed by atoms with van der Waals surface area (Å²) in [5.41, 5.74) is 5.20. The summed E-state index contributed by atoms with van der Waals surface area (Å²) in [6.45, 7) is 5.42. The molecule has 2 N–H and O–H groups in total. The molecule has 0 aliphatic heterocycles. The highest BCUT2D eigenvalue weighted by atomic mass is 19.1. The van der Waals surface area contributed by atoms with E-state index < -0.39 is 5.67 Å². The summed E-state index contributed by atoms with van der Waals surface area (Å²) in [4.78, 5) is 0. The third-order valence-electron chi connectivity index (χ3n) is 2.59. The van der Waals surface area contributed by atoms with Crippen LogP contribution in [0.15, 0.2) is 12.2 Å². The Kier molecular flexibility index (Phi) is 2.33. The lowest BCUT2D eigenvalue weighted by atomic mass is 9.80. The molecule has 0 radical (unpaired) electrons. The van der Waals surface area contributed by atoms with E-state index in [1.165, 1.54) is 0 Å². The summed E-state index contributed by atoms with van der Waals surface area (Å²) in [5, 5.41) is 0. The van der Waals surface area contributed by atoms with E-state index in [-0.39, 0.29) is 6.04 Å². The molecule has 64 valence electrons. The van der Waals surface area contributed by atoms with Crippen molar-refractivity contribution in [2.75, 3.05) is 0 Å². The van der Waals surface area contributed by atoms with Gasteiger partial charge < -0.3 is 5.73 Å². The van der Waals surface area contributed by atoms with Crippen LogP contribution in [0.2, 0.25) is 0 Å². The summed E-state index contributed by atoms with van der Waals surface area (Å²) in [5.74, 6) is 0. The quantitative estimate of drug-likeness (QED) is 0.580. The van der Waals surface area contributed by atoms with Gasteiger partial charge in [-0.3, -0.25) is 0 Å². The van der Waals surface area contributed by atoms with E-state index in [2.05, 4.69) is 6.58 Å². The molecule has 0 amide bonds. The molecule has 1 rings (SSSR count). The van der Waals surface area contributed by atoms with Crippen LogP contribution in [0.5, 0.6) is 0 Å². The molecule has 1 aliphatic carbocycles. The molecule has 0 spiro atoms. The molecule has 0 heterocycles. The highest BCUT2D eigenvalue weighted by Crippen LogP contribution is 2.36. The van der Waals surface area contributed by atoms with E-state index >= 15 is 0 Å². The SMILES string of the molecule is C=C(C)C1(F)CCC(N)CC1. The maximum Gasteiger partial charge on any atom is 0.131 e. The van der Waals surface area contributed by atoms with Crippen molar-refractivity contribution in [2.24, 2.45) is 5.73 Å². The van der Waals surface area contributed by atoms with Crippen molar-refractivity contribution >= 4 is 0 Å². The lowest BCUT2D eigenvalue weighted by molar-refractivity contribution is 0.140. The number of nitrogens with two attached hydrogens (primary N) is 1. The Morgan fingerprint density at radius 2 is 2.00 bits per heavy atom. The normalized spacial score (nSPS) is 38.6. The number of alkyl halides is 1. The maximum atomic E-state index is 13.7. The second-order valence-corrected chi connectivity index (χ2v) is 3.58. The first-order chi connectivity index (χ1) is 5.04. The molecule has 1 nitrogen and oxygen atoms in total. The number of hydrogen-bond acceptors (Lipinski definition) is 1. The van der Waals surface area contributed by atoms with E-state index in [9.17, 15) is 4.39 Å². The molecule has 2 heteroatoms. The Hall–Kier alpha value is -0.370.